The number of aryl methyl sites for hydroxylation is 1. The highest BCUT2D eigenvalue weighted by atomic mass is 16.1. The molecule has 2 aromatic carbocycles. The number of fused-ring (bicyclic) bond motifs is 1. The third-order valence-electron chi connectivity index (χ3n) is 6.28. The number of nitrogens with one attached hydrogen (secondary N) is 1. The second-order valence-electron chi connectivity index (χ2n) is 8.71. The number of anilines is 2. The van der Waals surface area contributed by atoms with Crippen LogP contribution >= 0.6 is 0 Å². The molecule has 1 N–H and O–H groups in total. The largest absolute Gasteiger partial charge is 0.340 e. The summed E-state index contributed by atoms with van der Waals surface area (Å²) in [6, 6.07) is 14.0. The van der Waals surface area contributed by atoms with Crippen LogP contribution in [0.2, 0.25) is 0 Å². The molecule has 1 aliphatic heterocycles. The molecule has 1 aliphatic rings. The fourth-order valence-corrected chi connectivity index (χ4v) is 4.25. The van der Waals surface area contributed by atoms with Crippen molar-refractivity contribution in [2.24, 2.45) is 0 Å². The van der Waals surface area contributed by atoms with Crippen molar-refractivity contribution in [3.05, 3.63) is 77.2 Å². The first-order valence-electron chi connectivity index (χ1n) is 11.3. The van der Waals surface area contributed by atoms with Gasteiger partial charge in [-0.1, -0.05) is 12.1 Å². The molecule has 1 saturated heterocycles. The van der Waals surface area contributed by atoms with Gasteiger partial charge in [-0.25, -0.2) is 14.8 Å². The van der Waals surface area contributed by atoms with Crippen molar-refractivity contribution in [3.63, 3.8) is 0 Å². The first-order chi connectivity index (χ1) is 16.1. The van der Waals surface area contributed by atoms with Gasteiger partial charge in [0, 0.05) is 62.7 Å². The lowest BCUT2D eigenvalue weighted by molar-refractivity contribution is 0.149. The van der Waals surface area contributed by atoms with E-state index in [4.69, 9.17) is 0 Å². The summed E-state index contributed by atoms with van der Waals surface area (Å²) in [4.78, 5) is 26.7. The summed E-state index contributed by atoms with van der Waals surface area (Å²) in [6.07, 6.45) is 5.27. The maximum atomic E-state index is 13.1. The van der Waals surface area contributed by atoms with Gasteiger partial charge in [0.15, 0.2) is 0 Å². The first kappa shape index (κ1) is 21.4. The summed E-state index contributed by atoms with van der Waals surface area (Å²) < 4.78 is 3.47. The third kappa shape index (κ3) is 4.67. The quantitative estimate of drug-likeness (QED) is 0.494. The van der Waals surface area contributed by atoms with Crippen LogP contribution in [-0.2, 0) is 6.54 Å². The minimum absolute atomic E-state index is 0.0338. The van der Waals surface area contributed by atoms with E-state index in [9.17, 15) is 4.79 Å². The molecule has 0 unspecified atom stereocenters. The molecule has 170 valence electrons. The maximum Gasteiger partial charge on any atom is 0.332 e. The predicted octanol–water partition coefficient (Wildman–Crippen LogP) is 2.88. The summed E-state index contributed by atoms with van der Waals surface area (Å²) in [7, 11) is 2.15. The number of nitrogens with zero attached hydrogens (tertiary/aromatic N) is 6. The predicted molar refractivity (Wildman–Crippen MR) is 132 cm³/mol. The van der Waals surface area contributed by atoms with Crippen LogP contribution in [0.25, 0.3) is 16.6 Å². The zero-order valence-electron chi connectivity index (χ0n) is 19.1. The van der Waals surface area contributed by atoms with Crippen LogP contribution in [0.1, 0.15) is 5.56 Å². The molecule has 3 heterocycles. The van der Waals surface area contributed by atoms with Crippen LogP contribution in [0, 0.1) is 6.92 Å². The number of benzene rings is 2. The van der Waals surface area contributed by atoms with Crippen LogP contribution in [0.3, 0.4) is 0 Å². The Morgan fingerprint density at radius 2 is 1.82 bits per heavy atom. The molecule has 5 rings (SSSR count). The van der Waals surface area contributed by atoms with Crippen molar-refractivity contribution in [3.8, 4) is 5.69 Å². The highest BCUT2D eigenvalue weighted by Gasteiger charge is 2.14. The van der Waals surface area contributed by atoms with Crippen molar-refractivity contribution < 1.29 is 0 Å². The van der Waals surface area contributed by atoms with Gasteiger partial charge in [0.1, 0.15) is 12.1 Å². The Morgan fingerprint density at radius 1 is 0.970 bits per heavy atom. The number of likely N-dealkylation sites (N-methyl/N-ethyl adjacent to an activating group) is 1. The Morgan fingerprint density at radius 3 is 2.64 bits per heavy atom. The van der Waals surface area contributed by atoms with E-state index in [2.05, 4.69) is 51.2 Å². The van der Waals surface area contributed by atoms with Crippen molar-refractivity contribution in [1.82, 2.24) is 28.9 Å². The third-order valence-corrected chi connectivity index (χ3v) is 6.28. The van der Waals surface area contributed by atoms with E-state index in [1.165, 1.54) is 5.56 Å². The fourth-order valence-electron chi connectivity index (χ4n) is 4.25. The highest BCUT2D eigenvalue weighted by molar-refractivity contribution is 5.92. The Balaban J connectivity index is 1.39. The number of aromatic nitrogens is 4. The van der Waals surface area contributed by atoms with E-state index in [-0.39, 0.29) is 5.69 Å². The van der Waals surface area contributed by atoms with E-state index in [1.54, 1.807) is 15.5 Å². The summed E-state index contributed by atoms with van der Waals surface area (Å²) in [5.74, 6) is 0.718. The van der Waals surface area contributed by atoms with E-state index < -0.39 is 0 Å². The summed E-state index contributed by atoms with van der Waals surface area (Å²) >= 11 is 0. The van der Waals surface area contributed by atoms with Crippen molar-refractivity contribution in [2.45, 2.75) is 13.5 Å². The number of imidazole rings is 1. The molecule has 0 spiro atoms. The smallest absolute Gasteiger partial charge is 0.332 e. The normalized spacial score (nSPS) is 15.2. The van der Waals surface area contributed by atoms with Crippen LogP contribution in [0.5, 0.6) is 0 Å². The van der Waals surface area contributed by atoms with Crippen molar-refractivity contribution in [2.75, 3.05) is 45.1 Å². The van der Waals surface area contributed by atoms with Gasteiger partial charge in [0.05, 0.1) is 11.2 Å². The molecule has 4 aromatic rings. The standard InChI is InChI=1S/C25H29N7O/c1-19-4-3-5-20(16-19)28-24-22-17-21(6-7-23(22)26-18-27-24)32-15-14-31(25(32)33)13-12-30-10-8-29(2)9-11-30/h3-7,14-18H,8-13H2,1-2H3,(H,26,27,28). The van der Waals surface area contributed by atoms with Crippen LogP contribution < -0.4 is 11.0 Å². The molecule has 0 radical (unpaired) electrons. The second kappa shape index (κ2) is 9.17. The van der Waals surface area contributed by atoms with Crippen LogP contribution in [-0.4, -0.2) is 68.7 Å². The minimum atomic E-state index is -0.0338. The lowest BCUT2D eigenvalue weighted by Gasteiger charge is -2.32. The summed E-state index contributed by atoms with van der Waals surface area (Å²) in [6.45, 7) is 7.88. The fraction of sp³-hybridized carbons (Fsp3) is 0.320. The number of hydrogen-bond donors (Lipinski definition) is 1. The molecule has 2 aromatic heterocycles. The van der Waals surface area contributed by atoms with Gasteiger partial charge in [-0.2, -0.15) is 0 Å². The monoisotopic (exact) mass is 443 g/mol. The van der Waals surface area contributed by atoms with Crippen molar-refractivity contribution >= 4 is 22.4 Å². The molecule has 33 heavy (non-hydrogen) atoms. The summed E-state index contributed by atoms with van der Waals surface area (Å²) in [5.41, 5.74) is 3.73. The van der Waals surface area contributed by atoms with Gasteiger partial charge in [0.2, 0.25) is 0 Å². The van der Waals surface area contributed by atoms with E-state index in [0.29, 0.717) is 6.54 Å². The van der Waals surface area contributed by atoms with Gasteiger partial charge in [-0.15, -0.1) is 0 Å². The van der Waals surface area contributed by atoms with E-state index >= 15 is 0 Å². The molecular weight excluding hydrogens is 414 g/mol. The molecule has 0 amide bonds. The molecule has 8 heteroatoms. The van der Waals surface area contributed by atoms with Gasteiger partial charge in [0.25, 0.3) is 0 Å². The Hall–Kier alpha value is -3.49. The van der Waals surface area contributed by atoms with Crippen molar-refractivity contribution in [1.29, 1.82) is 0 Å². The zero-order valence-corrected chi connectivity index (χ0v) is 19.1. The molecular formula is C25H29N7O. The second-order valence-corrected chi connectivity index (χ2v) is 8.71. The van der Waals surface area contributed by atoms with E-state index in [1.807, 2.05) is 42.7 Å². The first-order valence-corrected chi connectivity index (χ1v) is 11.3. The molecule has 0 atom stereocenters. The molecule has 0 saturated carbocycles. The SMILES string of the molecule is Cc1cccc(Nc2ncnc3ccc(-n4ccn(CCN5CCN(C)CC5)c4=O)cc23)c1. The number of rotatable bonds is 6. The average molecular weight is 444 g/mol. The molecule has 0 aliphatic carbocycles. The molecule has 8 nitrogen and oxygen atoms in total. The lowest BCUT2D eigenvalue weighted by atomic mass is 10.2. The summed E-state index contributed by atoms with van der Waals surface area (Å²) in [5, 5.41) is 4.26. The number of piperazine rings is 1. The van der Waals surface area contributed by atoms with Gasteiger partial charge in [-0.3, -0.25) is 14.0 Å². The number of hydrogen-bond acceptors (Lipinski definition) is 6. The van der Waals surface area contributed by atoms with Crippen LogP contribution in [0.15, 0.2) is 66.0 Å². The Bertz CT molecular complexity index is 1320. The highest BCUT2D eigenvalue weighted by Crippen LogP contribution is 2.25. The topological polar surface area (TPSA) is 71.2 Å². The van der Waals surface area contributed by atoms with Crippen LogP contribution in [0.4, 0.5) is 11.5 Å². The molecule has 0 bridgehead atoms. The minimum Gasteiger partial charge on any atom is -0.340 e. The van der Waals surface area contributed by atoms with Gasteiger partial charge in [-0.05, 0) is 49.9 Å². The maximum absolute atomic E-state index is 13.1. The molecule has 1 fully saturated rings. The average Bonchev–Trinajstić information content (AvgIpc) is 3.19. The van der Waals surface area contributed by atoms with E-state index in [0.717, 1.165) is 60.8 Å². The Labute approximate surface area is 193 Å². The zero-order chi connectivity index (χ0) is 22.8. The lowest BCUT2D eigenvalue weighted by Crippen LogP contribution is -2.45. The van der Waals surface area contributed by atoms with Gasteiger partial charge < -0.3 is 10.2 Å². The van der Waals surface area contributed by atoms with Gasteiger partial charge >= 0.3 is 5.69 Å². The Kier molecular flexibility index (Phi) is 5.93.